The van der Waals surface area contributed by atoms with Crippen LogP contribution in [0.4, 0.5) is 0 Å². The Bertz CT molecular complexity index is 930. The third-order valence-electron chi connectivity index (χ3n) is 3.47. The van der Waals surface area contributed by atoms with E-state index in [1.165, 1.54) is 24.2 Å². The summed E-state index contributed by atoms with van der Waals surface area (Å²) >= 11 is 1.52. The van der Waals surface area contributed by atoms with Gasteiger partial charge >= 0.3 is 0 Å². The molecule has 0 saturated heterocycles. The largest absolute Gasteiger partial charge is 0.236 e. The van der Waals surface area contributed by atoms with Crippen LogP contribution < -0.4 is 0 Å². The van der Waals surface area contributed by atoms with Crippen LogP contribution in [0.15, 0.2) is 24.7 Å². The Labute approximate surface area is 116 Å². The number of aromatic nitrogens is 7. The Morgan fingerprint density at radius 3 is 3.10 bits per heavy atom. The maximum absolute atomic E-state index is 4.64. The van der Waals surface area contributed by atoms with E-state index in [-0.39, 0.29) is 0 Å². The molecule has 1 saturated carbocycles. The standard InChI is InChI=1S/C12H9N7S/c1-4-13-10-8(6-14-18(10)5-1)11-17-19-9(7-2-3-7)15-16-12(19)20-11/h1,4-7H,2-3H2. The fraction of sp³-hybridized carbons (Fsp3) is 0.250. The molecule has 20 heavy (non-hydrogen) atoms. The highest BCUT2D eigenvalue weighted by Crippen LogP contribution is 2.40. The monoisotopic (exact) mass is 283 g/mol. The molecule has 0 aromatic carbocycles. The predicted octanol–water partition coefficient (Wildman–Crippen LogP) is 1.77. The molecule has 8 heteroatoms. The van der Waals surface area contributed by atoms with Crippen molar-refractivity contribution in [2.24, 2.45) is 0 Å². The highest BCUT2D eigenvalue weighted by molar-refractivity contribution is 7.19. The molecule has 98 valence electrons. The van der Waals surface area contributed by atoms with E-state index in [2.05, 4.69) is 25.4 Å². The Kier molecular flexibility index (Phi) is 1.88. The molecule has 1 aliphatic rings. The minimum Gasteiger partial charge on any atom is -0.236 e. The van der Waals surface area contributed by atoms with E-state index in [1.807, 2.05) is 16.8 Å². The first-order valence-corrected chi connectivity index (χ1v) is 7.23. The third-order valence-corrected chi connectivity index (χ3v) is 4.40. The van der Waals surface area contributed by atoms with Crippen LogP contribution in [0, 0.1) is 0 Å². The molecule has 0 N–H and O–H groups in total. The molecule has 0 aliphatic heterocycles. The van der Waals surface area contributed by atoms with Crippen LogP contribution in [-0.4, -0.2) is 34.4 Å². The van der Waals surface area contributed by atoms with Crippen molar-refractivity contribution in [2.45, 2.75) is 18.8 Å². The molecule has 1 aliphatic carbocycles. The van der Waals surface area contributed by atoms with Crippen molar-refractivity contribution in [1.82, 2.24) is 34.4 Å². The van der Waals surface area contributed by atoms with E-state index in [9.17, 15) is 0 Å². The van der Waals surface area contributed by atoms with Crippen molar-refractivity contribution in [2.75, 3.05) is 0 Å². The summed E-state index contributed by atoms with van der Waals surface area (Å²) in [6.07, 6.45) is 7.81. The average Bonchev–Trinajstić information content (AvgIpc) is 2.93. The summed E-state index contributed by atoms with van der Waals surface area (Å²) in [5.74, 6) is 1.51. The molecule has 0 bridgehead atoms. The van der Waals surface area contributed by atoms with E-state index < -0.39 is 0 Å². The summed E-state index contributed by atoms with van der Waals surface area (Å²) in [6.45, 7) is 0. The first-order chi connectivity index (χ1) is 9.90. The lowest BCUT2D eigenvalue weighted by Gasteiger charge is -1.93. The van der Waals surface area contributed by atoms with Gasteiger partial charge in [0.05, 0.1) is 11.8 Å². The van der Waals surface area contributed by atoms with E-state index in [0.717, 1.165) is 27.0 Å². The van der Waals surface area contributed by atoms with Gasteiger partial charge in [0.25, 0.3) is 0 Å². The normalized spacial score (nSPS) is 15.4. The van der Waals surface area contributed by atoms with Crippen LogP contribution >= 0.6 is 11.3 Å². The van der Waals surface area contributed by atoms with Gasteiger partial charge in [-0.15, -0.1) is 10.2 Å². The van der Waals surface area contributed by atoms with Crippen LogP contribution in [0.1, 0.15) is 24.6 Å². The van der Waals surface area contributed by atoms with Gasteiger partial charge in [-0.2, -0.15) is 14.7 Å². The quantitative estimate of drug-likeness (QED) is 0.560. The number of fused-ring (bicyclic) bond motifs is 2. The molecule has 7 nitrogen and oxygen atoms in total. The minimum absolute atomic E-state index is 0.530. The summed E-state index contributed by atoms with van der Waals surface area (Å²) in [4.78, 5) is 5.19. The van der Waals surface area contributed by atoms with Crippen molar-refractivity contribution in [3.8, 4) is 10.6 Å². The highest BCUT2D eigenvalue weighted by Gasteiger charge is 2.30. The molecule has 0 spiro atoms. The second-order valence-corrected chi connectivity index (χ2v) is 5.84. The fourth-order valence-corrected chi connectivity index (χ4v) is 3.17. The average molecular weight is 283 g/mol. The molecule has 0 atom stereocenters. The van der Waals surface area contributed by atoms with E-state index >= 15 is 0 Å². The first-order valence-electron chi connectivity index (χ1n) is 6.41. The zero-order valence-corrected chi connectivity index (χ0v) is 11.2. The van der Waals surface area contributed by atoms with Crippen LogP contribution in [0.5, 0.6) is 0 Å². The Hall–Kier alpha value is -2.35. The van der Waals surface area contributed by atoms with Crippen molar-refractivity contribution in [3.05, 3.63) is 30.5 Å². The lowest BCUT2D eigenvalue weighted by Crippen LogP contribution is -1.93. The van der Waals surface area contributed by atoms with Gasteiger partial charge in [-0.05, 0) is 18.9 Å². The Morgan fingerprint density at radius 1 is 1.25 bits per heavy atom. The number of nitrogens with zero attached hydrogens (tertiary/aromatic N) is 7. The van der Waals surface area contributed by atoms with Gasteiger partial charge < -0.3 is 0 Å². The number of rotatable bonds is 2. The van der Waals surface area contributed by atoms with Crippen LogP contribution in [0.25, 0.3) is 21.2 Å². The predicted molar refractivity (Wildman–Crippen MR) is 72.6 cm³/mol. The van der Waals surface area contributed by atoms with Crippen LogP contribution in [0.3, 0.4) is 0 Å². The van der Waals surface area contributed by atoms with Gasteiger partial charge in [0, 0.05) is 18.3 Å². The lowest BCUT2D eigenvalue weighted by molar-refractivity contribution is 0.828. The van der Waals surface area contributed by atoms with E-state index in [4.69, 9.17) is 0 Å². The Morgan fingerprint density at radius 2 is 2.20 bits per heavy atom. The summed E-state index contributed by atoms with van der Waals surface area (Å²) < 4.78 is 3.61. The second kappa shape index (κ2) is 3.60. The maximum Gasteiger partial charge on any atom is 0.234 e. The van der Waals surface area contributed by atoms with Gasteiger partial charge in [-0.1, -0.05) is 11.3 Å². The zero-order chi connectivity index (χ0) is 13.1. The maximum atomic E-state index is 4.64. The van der Waals surface area contributed by atoms with Gasteiger partial charge in [0.2, 0.25) is 4.96 Å². The number of hydrogen-bond acceptors (Lipinski definition) is 6. The molecule has 5 rings (SSSR count). The van der Waals surface area contributed by atoms with Gasteiger partial charge in [0.1, 0.15) is 0 Å². The lowest BCUT2D eigenvalue weighted by atomic mass is 10.3. The van der Waals surface area contributed by atoms with Crippen molar-refractivity contribution in [1.29, 1.82) is 0 Å². The van der Waals surface area contributed by atoms with Crippen LogP contribution in [0.2, 0.25) is 0 Å². The number of hydrogen-bond donors (Lipinski definition) is 0. The Balaban J connectivity index is 1.73. The molecule has 4 aromatic heterocycles. The third kappa shape index (κ3) is 1.36. The summed E-state index contributed by atoms with van der Waals surface area (Å²) in [6, 6.07) is 1.85. The SMILES string of the molecule is c1cnc2c(-c3nn4c(C5CC5)nnc4s3)cnn2c1. The van der Waals surface area contributed by atoms with Crippen LogP contribution in [-0.2, 0) is 0 Å². The van der Waals surface area contributed by atoms with Crippen molar-refractivity contribution >= 4 is 21.9 Å². The van der Waals surface area contributed by atoms with Gasteiger partial charge in [-0.3, -0.25) is 0 Å². The topological polar surface area (TPSA) is 73.3 Å². The molecule has 0 amide bonds. The highest BCUT2D eigenvalue weighted by atomic mass is 32.1. The summed E-state index contributed by atoms with van der Waals surface area (Å²) in [5.41, 5.74) is 1.74. The smallest absolute Gasteiger partial charge is 0.234 e. The van der Waals surface area contributed by atoms with E-state index in [1.54, 1.807) is 16.9 Å². The summed E-state index contributed by atoms with van der Waals surface area (Å²) in [5, 5.41) is 18.3. The molecular formula is C12H9N7S. The molecule has 4 heterocycles. The molecule has 0 radical (unpaired) electrons. The van der Waals surface area contributed by atoms with Gasteiger partial charge in [-0.25, -0.2) is 9.50 Å². The fourth-order valence-electron chi connectivity index (χ4n) is 2.32. The first kappa shape index (κ1) is 10.4. The van der Waals surface area contributed by atoms with E-state index in [0.29, 0.717) is 5.92 Å². The minimum atomic E-state index is 0.530. The van der Waals surface area contributed by atoms with Gasteiger partial charge in [0.15, 0.2) is 16.5 Å². The second-order valence-electron chi connectivity index (χ2n) is 4.88. The van der Waals surface area contributed by atoms with Crippen molar-refractivity contribution < 1.29 is 0 Å². The summed E-state index contributed by atoms with van der Waals surface area (Å²) in [7, 11) is 0. The van der Waals surface area contributed by atoms with Crippen molar-refractivity contribution in [3.63, 3.8) is 0 Å². The molecule has 4 aromatic rings. The molecular weight excluding hydrogens is 274 g/mol. The molecule has 1 fully saturated rings. The molecule has 0 unspecified atom stereocenters. The zero-order valence-electron chi connectivity index (χ0n) is 10.3.